The summed E-state index contributed by atoms with van der Waals surface area (Å²) in [6, 6.07) is 21.5. The number of nitrogens with one attached hydrogen (secondary N) is 1. The molecule has 8 nitrogen and oxygen atoms in total. The summed E-state index contributed by atoms with van der Waals surface area (Å²) in [6.07, 6.45) is -4.01. The molecule has 3 rings (SSSR count). The summed E-state index contributed by atoms with van der Waals surface area (Å²) in [5.74, 6) is -4.45. The number of aryl methyl sites for hydroxylation is 2. The third-order valence-electron chi connectivity index (χ3n) is 5.13. The summed E-state index contributed by atoms with van der Waals surface area (Å²) >= 11 is 0. The van der Waals surface area contributed by atoms with Crippen molar-refractivity contribution in [3.63, 3.8) is 0 Å². The van der Waals surface area contributed by atoms with Crippen molar-refractivity contribution >= 4 is 23.8 Å². The van der Waals surface area contributed by atoms with Crippen LogP contribution in [0.1, 0.15) is 37.4 Å². The molecule has 0 unspecified atom stereocenters. The maximum absolute atomic E-state index is 13.0. The molecule has 0 aliphatic heterocycles. The Bertz CT molecular complexity index is 1190. The van der Waals surface area contributed by atoms with Gasteiger partial charge in [0.2, 0.25) is 12.2 Å². The molecule has 0 heterocycles. The fourth-order valence-electron chi connectivity index (χ4n) is 3.13. The summed E-state index contributed by atoms with van der Waals surface area (Å²) in [6.45, 7) is 3.71. The van der Waals surface area contributed by atoms with E-state index in [9.17, 15) is 24.3 Å². The number of benzene rings is 3. The molecule has 0 aliphatic carbocycles. The summed E-state index contributed by atoms with van der Waals surface area (Å²) in [5.41, 5.74) is 2.74. The molecule has 1 amide bonds. The minimum Gasteiger partial charge on any atom is -0.478 e. The molecule has 0 spiro atoms. The Labute approximate surface area is 202 Å². The van der Waals surface area contributed by atoms with Gasteiger partial charge in [0.15, 0.2) is 0 Å². The van der Waals surface area contributed by atoms with E-state index in [2.05, 4.69) is 5.32 Å². The summed E-state index contributed by atoms with van der Waals surface area (Å²) in [4.78, 5) is 50.4. The lowest BCUT2D eigenvalue weighted by molar-refractivity contribution is -0.159. The lowest BCUT2D eigenvalue weighted by Gasteiger charge is -2.23. The molecule has 0 saturated heterocycles. The van der Waals surface area contributed by atoms with Gasteiger partial charge in [-0.2, -0.15) is 0 Å². The van der Waals surface area contributed by atoms with Gasteiger partial charge in [-0.25, -0.2) is 14.4 Å². The lowest BCUT2D eigenvalue weighted by atomic mass is 10.1. The van der Waals surface area contributed by atoms with Gasteiger partial charge in [0.25, 0.3) is 5.91 Å². The van der Waals surface area contributed by atoms with Gasteiger partial charge >= 0.3 is 17.9 Å². The number of amides is 1. The molecule has 0 aliphatic rings. The van der Waals surface area contributed by atoms with Crippen LogP contribution in [0.3, 0.4) is 0 Å². The molecular formula is C27H25NO7. The SMILES string of the molecule is Cc1ccc(C(=O)O[C@H](C(=O)O)[C@H](OC(=O)c2ccc(C)cc2)C(=O)NCc2ccccc2)cc1. The molecule has 0 bridgehead atoms. The highest BCUT2D eigenvalue weighted by Gasteiger charge is 2.40. The van der Waals surface area contributed by atoms with Gasteiger partial charge in [-0.15, -0.1) is 0 Å². The van der Waals surface area contributed by atoms with Gasteiger partial charge in [-0.3, -0.25) is 4.79 Å². The van der Waals surface area contributed by atoms with E-state index in [-0.39, 0.29) is 17.7 Å². The van der Waals surface area contributed by atoms with Crippen molar-refractivity contribution in [1.29, 1.82) is 0 Å². The van der Waals surface area contributed by atoms with Crippen LogP contribution < -0.4 is 5.32 Å². The van der Waals surface area contributed by atoms with Gasteiger partial charge in [-0.1, -0.05) is 65.7 Å². The first kappa shape index (κ1) is 25.2. The molecule has 0 aromatic heterocycles. The maximum Gasteiger partial charge on any atom is 0.349 e. The maximum atomic E-state index is 13.0. The number of rotatable bonds is 9. The second-order valence-corrected chi connectivity index (χ2v) is 7.93. The summed E-state index contributed by atoms with van der Waals surface area (Å²) < 4.78 is 10.4. The number of carbonyl (C=O) groups is 4. The third-order valence-corrected chi connectivity index (χ3v) is 5.13. The van der Waals surface area contributed by atoms with Crippen LogP contribution in [-0.4, -0.2) is 41.1 Å². The van der Waals surface area contributed by atoms with Gasteiger partial charge in [0.1, 0.15) is 0 Å². The molecule has 8 heteroatoms. The first-order valence-corrected chi connectivity index (χ1v) is 10.8. The van der Waals surface area contributed by atoms with Crippen molar-refractivity contribution < 1.29 is 33.8 Å². The molecular weight excluding hydrogens is 450 g/mol. The zero-order valence-electron chi connectivity index (χ0n) is 19.3. The number of carboxylic acids is 1. The second-order valence-electron chi connectivity index (χ2n) is 7.93. The predicted octanol–water partition coefficient (Wildman–Crippen LogP) is 3.46. The molecule has 0 fully saturated rings. The fourth-order valence-corrected chi connectivity index (χ4v) is 3.13. The molecule has 3 aromatic rings. The normalized spacial score (nSPS) is 12.2. The molecule has 180 valence electrons. The van der Waals surface area contributed by atoms with Crippen molar-refractivity contribution in [2.45, 2.75) is 32.6 Å². The van der Waals surface area contributed by atoms with Crippen LogP contribution in [0.2, 0.25) is 0 Å². The van der Waals surface area contributed by atoms with Crippen LogP contribution in [0.25, 0.3) is 0 Å². The van der Waals surface area contributed by atoms with Crippen molar-refractivity contribution in [3.05, 3.63) is 107 Å². The highest BCUT2D eigenvalue weighted by atomic mass is 16.6. The van der Waals surface area contributed by atoms with Crippen molar-refractivity contribution in [1.82, 2.24) is 5.32 Å². The third kappa shape index (κ3) is 7.01. The molecule has 2 N–H and O–H groups in total. The number of ether oxygens (including phenoxy) is 2. The lowest BCUT2D eigenvalue weighted by Crippen LogP contribution is -2.50. The van der Waals surface area contributed by atoms with Crippen molar-refractivity contribution in [2.24, 2.45) is 0 Å². The van der Waals surface area contributed by atoms with Crippen LogP contribution in [0.4, 0.5) is 0 Å². The topological polar surface area (TPSA) is 119 Å². The Morgan fingerprint density at radius 2 is 1.17 bits per heavy atom. The zero-order chi connectivity index (χ0) is 25.4. The minimum atomic E-state index is -2.08. The van der Waals surface area contributed by atoms with E-state index in [1.807, 2.05) is 19.9 Å². The number of carboxylic acid groups (broad SMARTS) is 1. The number of carbonyl (C=O) groups excluding carboxylic acids is 3. The molecule has 35 heavy (non-hydrogen) atoms. The molecule has 0 saturated carbocycles. The number of esters is 2. The highest BCUT2D eigenvalue weighted by molar-refractivity contribution is 5.96. The Kier molecular flexibility index (Phi) is 8.34. The highest BCUT2D eigenvalue weighted by Crippen LogP contribution is 2.15. The fraction of sp³-hybridized carbons (Fsp3) is 0.185. The first-order chi connectivity index (χ1) is 16.7. The van der Waals surface area contributed by atoms with Gasteiger partial charge < -0.3 is 19.9 Å². The van der Waals surface area contributed by atoms with Crippen LogP contribution in [0.15, 0.2) is 78.9 Å². The minimum absolute atomic E-state index is 0.0521. The van der Waals surface area contributed by atoms with E-state index in [1.54, 1.807) is 48.5 Å². The van der Waals surface area contributed by atoms with E-state index in [4.69, 9.17) is 9.47 Å². The Morgan fingerprint density at radius 3 is 1.63 bits per heavy atom. The number of aliphatic carboxylic acids is 1. The van der Waals surface area contributed by atoms with Gasteiger partial charge in [0.05, 0.1) is 11.1 Å². The quantitative estimate of drug-likeness (QED) is 0.455. The molecule has 3 aromatic carbocycles. The van der Waals surface area contributed by atoms with Crippen molar-refractivity contribution in [3.8, 4) is 0 Å². The largest absolute Gasteiger partial charge is 0.478 e. The Hall–Kier alpha value is -4.46. The smallest absolute Gasteiger partial charge is 0.349 e. The van der Waals surface area contributed by atoms with Crippen LogP contribution in [0.5, 0.6) is 0 Å². The summed E-state index contributed by atoms with van der Waals surface area (Å²) in [5, 5.41) is 12.3. The zero-order valence-corrected chi connectivity index (χ0v) is 19.3. The predicted molar refractivity (Wildman–Crippen MR) is 127 cm³/mol. The van der Waals surface area contributed by atoms with E-state index < -0.39 is 36.0 Å². The van der Waals surface area contributed by atoms with E-state index in [1.165, 1.54) is 24.3 Å². The van der Waals surface area contributed by atoms with E-state index in [0.29, 0.717) is 0 Å². The standard InChI is InChI=1S/C27H25NO7/c1-17-8-12-20(13-9-17)26(32)34-22(24(29)28-16-19-6-4-3-5-7-19)23(25(30)31)35-27(33)21-14-10-18(2)11-15-21/h3-15,22-23H,16H2,1-2H3,(H,28,29)(H,30,31)/t22-,23-/m0/s1. The number of hydrogen-bond donors (Lipinski definition) is 2. The average molecular weight is 475 g/mol. The Morgan fingerprint density at radius 1 is 0.714 bits per heavy atom. The van der Waals surface area contributed by atoms with Crippen LogP contribution in [-0.2, 0) is 25.6 Å². The molecule has 2 atom stereocenters. The van der Waals surface area contributed by atoms with E-state index >= 15 is 0 Å². The number of hydrogen-bond acceptors (Lipinski definition) is 6. The Balaban J connectivity index is 1.85. The van der Waals surface area contributed by atoms with Gasteiger partial charge in [0, 0.05) is 6.54 Å². The van der Waals surface area contributed by atoms with Crippen LogP contribution in [0, 0.1) is 13.8 Å². The molecule has 0 radical (unpaired) electrons. The first-order valence-electron chi connectivity index (χ1n) is 10.8. The van der Waals surface area contributed by atoms with Gasteiger partial charge in [-0.05, 0) is 43.7 Å². The average Bonchev–Trinajstić information content (AvgIpc) is 2.85. The van der Waals surface area contributed by atoms with E-state index in [0.717, 1.165) is 16.7 Å². The van der Waals surface area contributed by atoms with Crippen molar-refractivity contribution in [2.75, 3.05) is 0 Å². The second kappa shape index (κ2) is 11.6. The van der Waals surface area contributed by atoms with Crippen LogP contribution >= 0.6 is 0 Å². The summed E-state index contributed by atoms with van der Waals surface area (Å²) in [7, 11) is 0. The monoisotopic (exact) mass is 475 g/mol.